The summed E-state index contributed by atoms with van der Waals surface area (Å²) in [7, 11) is 0. The lowest BCUT2D eigenvalue weighted by atomic mass is 9.92. The molecule has 7 heteroatoms. The number of hydrogen-bond acceptors (Lipinski definition) is 6. The summed E-state index contributed by atoms with van der Waals surface area (Å²) in [6, 6.07) is 5.49. The van der Waals surface area contributed by atoms with Crippen molar-refractivity contribution >= 4 is 28.7 Å². The first-order chi connectivity index (χ1) is 15.9. The Morgan fingerprint density at radius 3 is 2.67 bits per heavy atom. The number of unbranched alkanes of at least 4 members (excludes halogenated alkanes) is 1. The number of nitrogens with zero attached hydrogens (tertiary/aromatic N) is 3. The Bertz CT molecular complexity index is 1120. The Morgan fingerprint density at radius 2 is 2.00 bits per heavy atom. The molecule has 1 amide bonds. The van der Waals surface area contributed by atoms with E-state index in [0.29, 0.717) is 37.0 Å². The molecular weight excluding hydrogens is 416 g/mol. The first-order valence-corrected chi connectivity index (χ1v) is 11.4. The molecule has 2 heterocycles. The van der Waals surface area contributed by atoms with E-state index in [1.54, 1.807) is 24.0 Å². The van der Waals surface area contributed by atoms with Gasteiger partial charge in [-0.25, -0.2) is 9.97 Å². The van der Waals surface area contributed by atoms with Crippen LogP contribution in [0.4, 0.5) is 5.95 Å². The van der Waals surface area contributed by atoms with E-state index < -0.39 is 5.92 Å². The van der Waals surface area contributed by atoms with Crippen LogP contribution in [-0.2, 0) is 9.53 Å². The Labute approximate surface area is 195 Å². The number of carbonyl (C=O) groups excluding carboxylic acids is 2. The molecule has 1 unspecified atom stereocenters. The largest absolute Gasteiger partial charge is 0.466 e. The molecule has 0 fully saturated rings. The van der Waals surface area contributed by atoms with Crippen molar-refractivity contribution in [3.05, 3.63) is 65.4 Å². The zero-order valence-corrected chi connectivity index (χ0v) is 19.6. The van der Waals surface area contributed by atoms with Gasteiger partial charge in [-0.1, -0.05) is 50.6 Å². The van der Waals surface area contributed by atoms with Crippen molar-refractivity contribution < 1.29 is 14.3 Å². The highest BCUT2D eigenvalue weighted by Crippen LogP contribution is 2.29. The lowest BCUT2D eigenvalue weighted by Crippen LogP contribution is -2.30. The molecule has 0 saturated heterocycles. The number of anilines is 1. The number of esters is 1. The van der Waals surface area contributed by atoms with Crippen molar-refractivity contribution in [2.45, 2.75) is 46.0 Å². The highest BCUT2D eigenvalue weighted by atomic mass is 16.5. The van der Waals surface area contributed by atoms with Gasteiger partial charge < -0.3 is 15.4 Å². The summed E-state index contributed by atoms with van der Waals surface area (Å²) in [6.45, 7) is 10.9. The standard InChI is InChI=1S/C26H32N4O3/c1-5-9-11-20(25(32)33-8-4)18-12-13-22-21(14-18)23(29-26(27)28-22)24(31)30-15-17(7-3)19(16-30)10-6-2/h6-7,10,12-14,20H,3,5,8-9,11,15-16H2,1-2,4H3,(H2,27,28,29). The van der Waals surface area contributed by atoms with E-state index >= 15 is 0 Å². The summed E-state index contributed by atoms with van der Waals surface area (Å²) < 4.78 is 5.32. The molecule has 1 aliphatic heterocycles. The number of carbonyl (C=O) groups is 2. The minimum Gasteiger partial charge on any atom is -0.466 e. The molecule has 1 aromatic carbocycles. The second-order valence-corrected chi connectivity index (χ2v) is 8.07. The molecule has 0 spiro atoms. The van der Waals surface area contributed by atoms with Crippen LogP contribution in [-0.4, -0.2) is 46.4 Å². The minimum absolute atomic E-state index is 0.0382. The van der Waals surface area contributed by atoms with Crippen LogP contribution in [0.3, 0.4) is 0 Å². The van der Waals surface area contributed by atoms with Gasteiger partial charge in [-0.05, 0) is 49.1 Å². The number of allylic oxidation sites excluding steroid dienone is 1. The summed E-state index contributed by atoms with van der Waals surface area (Å²) in [5.41, 5.74) is 9.59. The predicted octanol–water partition coefficient (Wildman–Crippen LogP) is 4.56. The van der Waals surface area contributed by atoms with E-state index in [1.165, 1.54) is 0 Å². The molecule has 1 atom stereocenters. The third kappa shape index (κ3) is 5.30. The second kappa shape index (κ2) is 10.9. The van der Waals surface area contributed by atoms with Crippen LogP contribution in [0.5, 0.6) is 0 Å². The number of nitrogens with two attached hydrogens (primary N) is 1. The molecule has 3 rings (SSSR count). The predicted molar refractivity (Wildman–Crippen MR) is 131 cm³/mol. The molecule has 1 aliphatic rings. The van der Waals surface area contributed by atoms with Crippen molar-refractivity contribution in [3.63, 3.8) is 0 Å². The zero-order valence-electron chi connectivity index (χ0n) is 19.6. The van der Waals surface area contributed by atoms with Gasteiger partial charge in [-0.15, -0.1) is 0 Å². The number of amides is 1. The maximum absolute atomic E-state index is 13.5. The highest BCUT2D eigenvalue weighted by molar-refractivity contribution is 6.05. The first kappa shape index (κ1) is 24.2. The van der Waals surface area contributed by atoms with Crippen LogP contribution in [0, 0.1) is 0 Å². The smallest absolute Gasteiger partial charge is 0.313 e. The first-order valence-electron chi connectivity index (χ1n) is 11.4. The Balaban J connectivity index is 2.02. The fourth-order valence-corrected chi connectivity index (χ4v) is 4.14. The average Bonchev–Trinajstić information content (AvgIpc) is 3.21. The molecule has 174 valence electrons. The average molecular weight is 449 g/mol. The van der Waals surface area contributed by atoms with Gasteiger partial charge in [0.25, 0.3) is 5.91 Å². The topological polar surface area (TPSA) is 98.4 Å². The summed E-state index contributed by atoms with van der Waals surface area (Å²) in [6.07, 6.45) is 8.25. The molecular formula is C26H32N4O3. The summed E-state index contributed by atoms with van der Waals surface area (Å²) in [4.78, 5) is 36.5. The maximum atomic E-state index is 13.5. The van der Waals surface area contributed by atoms with Gasteiger partial charge in [-0.3, -0.25) is 9.59 Å². The van der Waals surface area contributed by atoms with E-state index in [0.717, 1.165) is 29.6 Å². The number of ether oxygens (including phenoxy) is 1. The Hall–Kier alpha value is -3.48. The van der Waals surface area contributed by atoms with E-state index in [-0.39, 0.29) is 23.5 Å². The number of nitrogen functional groups attached to an aromatic ring is 1. The molecule has 0 bridgehead atoms. The van der Waals surface area contributed by atoms with Crippen molar-refractivity contribution in [1.82, 2.24) is 14.9 Å². The molecule has 0 aliphatic carbocycles. The van der Waals surface area contributed by atoms with Crippen LogP contribution in [0.1, 0.15) is 62.0 Å². The minimum atomic E-state index is -0.406. The summed E-state index contributed by atoms with van der Waals surface area (Å²) in [5, 5.41) is 0.581. The lowest BCUT2D eigenvalue weighted by molar-refractivity contribution is -0.145. The number of fused-ring (bicyclic) bond motifs is 1. The van der Waals surface area contributed by atoms with Crippen molar-refractivity contribution in [2.75, 3.05) is 25.4 Å². The second-order valence-electron chi connectivity index (χ2n) is 8.07. The lowest BCUT2D eigenvalue weighted by Gasteiger charge is -2.19. The molecule has 33 heavy (non-hydrogen) atoms. The van der Waals surface area contributed by atoms with E-state index in [9.17, 15) is 9.59 Å². The highest BCUT2D eigenvalue weighted by Gasteiger charge is 2.28. The van der Waals surface area contributed by atoms with Crippen LogP contribution in [0.2, 0.25) is 0 Å². The number of rotatable bonds is 9. The molecule has 0 radical (unpaired) electrons. The molecule has 0 saturated carbocycles. The van der Waals surface area contributed by atoms with Gasteiger partial charge in [0.1, 0.15) is 5.69 Å². The van der Waals surface area contributed by atoms with E-state index in [1.807, 2.05) is 31.2 Å². The van der Waals surface area contributed by atoms with Crippen LogP contribution < -0.4 is 5.73 Å². The maximum Gasteiger partial charge on any atom is 0.313 e. The SMILES string of the molecule is C=CC1=C(C=CC)CN(C(=O)c2nc(N)nc3ccc(C(CCCC)C(=O)OCC)cc23)C1. The quantitative estimate of drug-likeness (QED) is 0.565. The summed E-state index contributed by atoms with van der Waals surface area (Å²) >= 11 is 0. The van der Waals surface area contributed by atoms with Crippen molar-refractivity contribution in [1.29, 1.82) is 0 Å². The molecule has 2 N–H and O–H groups in total. The fourth-order valence-electron chi connectivity index (χ4n) is 4.14. The number of aromatic nitrogens is 2. The normalized spacial score (nSPS) is 14.8. The monoisotopic (exact) mass is 448 g/mol. The third-order valence-corrected chi connectivity index (χ3v) is 5.80. The van der Waals surface area contributed by atoms with Crippen LogP contribution in [0.25, 0.3) is 10.9 Å². The van der Waals surface area contributed by atoms with Crippen molar-refractivity contribution in [3.8, 4) is 0 Å². The Morgan fingerprint density at radius 1 is 1.24 bits per heavy atom. The van der Waals surface area contributed by atoms with Gasteiger partial charge >= 0.3 is 5.97 Å². The fraction of sp³-hybridized carbons (Fsp3) is 0.385. The van der Waals surface area contributed by atoms with E-state index in [4.69, 9.17) is 10.5 Å². The van der Waals surface area contributed by atoms with Crippen molar-refractivity contribution in [2.24, 2.45) is 0 Å². The molecule has 1 aromatic heterocycles. The third-order valence-electron chi connectivity index (χ3n) is 5.80. The van der Waals surface area contributed by atoms with Crippen LogP contribution in [0.15, 0.2) is 54.2 Å². The van der Waals surface area contributed by atoms with Gasteiger partial charge in [0.05, 0.1) is 18.0 Å². The van der Waals surface area contributed by atoms with Gasteiger partial charge in [0, 0.05) is 18.5 Å². The summed E-state index contributed by atoms with van der Waals surface area (Å²) in [5.74, 6) is -0.857. The van der Waals surface area contributed by atoms with E-state index in [2.05, 4.69) is 23.5 Å². The number of benzene rings is 1. The molecule has 2 aromatic rings. The van der Waals surface area contributed by atoms with Gasteiger partial charge in [0.15, 0.2) is 0 Å². The number of hydrogen-bond donors (Lipinski definition) is 1. The van der Waals surface area contributed by atoms with Gasteiger partial charge in [-0.2, -0.15) is 0 Å². The van der Waals surface area contributed by atoms with Crippen LogP contribution >= 0.6 is 0 Å². The molecule has 7 nitrogen and oxygen atoms in total. The Kier molecular flexibility index (Phi) is 7.98. The zero-order chi connectivity index (χ0) is 24.0. The van der Waals surface area contributed by atoms with Gasteiger partial charge in [0.2, 0.25) is 5.95 Å².